The van der Waals surface area contributed by atoms with Crippen molar-refractivity contribution in [2.45, 2.75) is 45.6 Å². The molecular weight excluding hydrogens is 300 g/mol. The monoisotopic (exact) mass is 332 g/mol. The molecule has 24 heavy (non-hydrogen) atoms. The first-order valence-corrected chi connectivity index (χ1v) is 9.13. The minimum Gasteiger partial charge on any atom is -0.497 e. The lowest BCUT2D eigenvalue weighted by Gasteiger charge is -2.32. The number of anilines is 1. The zero-order chi connectivity index (χ0) is 17.4. The number of methoxy groups -OCH3 is 1. The lowest BCUT2D eigenvalue weighted by molar-refractivity contribution is 0.172. The summed E-state index contributed by atoms with van der Waals surface area (Å²) in [6.07, 6.45) is 4.99. The number of aliphatic imine (C=N–C) groups is 1. The van der Waals surface area contributed by atoms with E-state index in [1.807, 2.05) is 24.3 Å². The third-order valence-electron chi connectivity index (χ3n) is 4.99. The molecule has 1 heterocycles. The van der Waals surface area contributed by atoms with E-state index in [0.29, 0.717) is 17.9 Å². The number of nitrogens with two attached hydrogens (primary N) is 1. The molecule has 3 N–H and O–H groups in total. The summed E-state index contributed by atoms with van der Waals surface area (Å²) in [5, 5.41) is 3.17. The van der Waals surface area contributed by atoms with Crippen LogP contribution in [0.2, 0.25) is 0 Å². The van der Waals surface area contributed by atoms with Crippen LogP contribution in [0.3, 0.4) is 0 Å². The molecule has 0 aromatic heterocycles. The van der Waals surface area contributed by atoms with Gasteiger partial charge in [0.1, 0.15) is 5.75 Å². The fraction of sp³-hybridized carbons (Fsp3) is 0.632. The van der Waals surface area contributed by atoms with E-state index in [1.165, 1.54) is 38.8 Å². The fourth-order valence-corrected chi connectivity index (χ4v) is 3.55. The van der Waals surface area contributed by atoms with Crippen LogP contribution < -0.4 is 15.8 Å². The second-order valence-corrected chi connectivity index (χ2v) is 6.47. The van der Waals surface area contributed by atoms with Crippen molar-refractivity contribution in [2.75, 3.05) is 32.1 Å². The average Bonchev–Trinajstić information content (AvgIpc) is 3.13. The van der Waals surface area contributed by atoms with E-state index in [1.54, 1.807) is 7.11 Å². The van der Waals surface area contributed by atoms with Gasteiger partial charge in [-0.25, -0.2) is 0 Å². The number of nitrogens with zero attached hydrogens (tertiary/aromatic N) is 2. The number of guanidine groups is 1. The minimum atomic E-state index is 0.471. The molecule has 1 fully saturated rings. The molecular formula is C19H32N4O. The minimum absolute atomic E-state index is 0.471. The van der Waals surface area contributed by atoms with Crippen molar-refractivity contribution in [2.24, 2.45) is 16.6 Å². The number of hydrogen-bond acceptors (Lipinski definition) is 3. The average molecular weight is 332 g/mol. The fourth-order valence-electron chi connectivity index (χ4n) is 3.55. The number of rotatable bonds is 8. The Bertz CT molecular complexity index is 520. The maximum absolute atomic E-state index is 6.11. The van der Waals surface area contributed by atoms with Gasteiger partial charge in [0.15, 0.2) is 5.96 Å². The van der Waals surface area contributed by atoms with E-state index in [0.717, 1.165) is 18.0 Å². The summed E-state index contributed by atoms with van der Waals surface area (Å²) in [4.78, 5) is 7.23. The van der Waals surface area contributed by atoms with Crippen LogP contribution in [0.15, 0.2) is 29.3 Å². The molecule has 0 radical (unpaired) electrons. The summed E-state index contributed by atoms with van der Waals surface area (Å²) in [6.45, 7) is 7.70. The molecule has 1 unspecified atom stereocenters. The van der Waals surface area contributed by atoms with Gasteiger partial charge in [0, 0.05) is 17.8 Å². The zero-order valence-corrected chi connectivity index (χ0v) is 15.3. The van der Waals surface area contributed by atoms with E-state index in [9.17, 15) is 0 Å². The van der Waals surface area contributed by atoms with Crippen molar-refractivity contribution in [1.29, 1.82) is 0 Å². The number of likely N-dealkylation sites (tertiary alicyclic amines) is 1. The van der Waals surface area contributed by atoms with E-state index in [2.05, 4.69) is 29.1 Å². The van der Waals surface area contributed by atoms with Crippen molar-refractivity contribution in [3.63, 3.8) is 0 Å². The van der Waals surface area contributed by atoms with Gasteiger partial charge in [0.25, 0.3) is 0 Å². The van der Waals surface area contributed by atoms with Gasteiger partial charge in [-0.3, -0.25) is 9.89 Å². The molecule has 0 saturated carbocycles. The second-order valence-electron chi connectivity index (χ2n) is 6.47. The van der Waals surface area contributed by atoms with Gasteiger partial charge < -0.3 is 15.8 Å². The van der Waals surface area contributed by atoms with Gasteiger partial charge in [-0.2, -0.15) is 0 Å². The summed E-state index contributed by atoms with van der Waals surface area (Å²) >= 11 is 0. The summed E-state index contributed by atoms with van der Waals surface area (Å²) in [7, 11) is 1.66. The van der Waals surface area contributed by atoms with Gasteiger partial charge in [-0.15, -0.1) is 0 Å². The molecule has 1 aliphatic rings. The van der Waals surface area contributed by atoms with Gasteiger partial charge in [-0.05, 0) is 44.0 Å². The van der Waals surface area contributed by atoms with Gasteiger partial charge in [0.05, 0.1) is 13.7 Å². The molecule has 0 bridgehead atoms. The molecule has 1 atom stereocenters. The van der Waals surface area contributed by atoms with E-state index >= 15 is 0 Å². The van der Waals surface area contributed by atoms with Gasteiger partial charge in [0.2, 0.25) is 0 Å². The van der Waals surface area contributed by atoms with E-state index < -0.39 is 0 Å². The molecule has 0 spiro atoms. The molecule has 0 aliphatic carbocycles. The molecule has 5 heteroatoms. The summed E-state index contributed by atoms with van der Waals surface area (Å²) in [5.74, 6) is 1.95. The number of benzene rings is 1. The predicted octanol–water partition coefficient (Wildman–Crippen LogP) is 3.32. The highest BCUT2D eigenvalue weighted by Gasteiger charge is 2.27. The molecule has 1 aromatic carbocycles. The summed E-state index contributed by atoms with van der Waals surface area (Å²) in [6, 6.07) is 8.22. The van der Waals surface area contributed by atoms with Crippen LogP contribution in [-0.4, -0.2) is 43.6 Å². The van der Waals surface area contributed by atoms with Crippen molar-refractivity contribution in [3.8, 4) is 5.75 Å². The van der Waals surface area contributed by atoms with Gasteiger partial charge in [-0.1, -0.05) is 32.8 Å². The highest BCUT2D eigenvalue weighted by Crippen LogP contribution is 2.23. The van der Waals surface area contributed by atoms with E-state index in [-0.39, 0.29) is 0 Å². The maximum atomic E-state index is 6.11. The van der Waals surface area contributed by atoms with Crippen molar-refractivity contribution in [3.05, 3.63) is 24.3 Å². The van der Waals surface area contributed by atoms with Crippen LogP contribution in [0.25, 0.3) is 0 Å². The van der Waals surface area contributed by atoms with Crippen LogP contribution >= 0.6 is 0 Å². The molecule has 5 nitrogen and oxygen atoms in total. The lowest BCUT2D eigenvalue weighted by Crippen LogP contribution is -2.41. The Morgan fingerprint density at radius 2 is 2.00 bits per heavy atom. The summed E-state index contributed by atoms with van der Waals surface area (Å²) in [5.41, 5.74) is 7.01. The number of hydrogen-bond donors (Lipinski definition) is 2. The molecule has 134 valence electrons. The molecule has 2 rings (SSSR count). The molecule has 0 amide bonds. The number of nitrogens with one attached hydrogen (secondary N) is 1. The first kappa shape index (κ1) is 18.6. The standard InChI is InChI=1S/C19H32N4O/c1-4-15(5-2)18(23-11-6-7-12-23)14-21-19(20)22-16-9-8-10-17(13-16)24-3/h8-10,13,15,18H,4-7,11-12,14H2,1-3H3,(H3,20,21,22). The van der Waals surface area contributed by atoms with Crippen molar-refractivity contribution >= 4 is 11.6 Å². The van der Waals surface area contributed by atoms with E-state index in [4.69, 9.17) is 10.5 Å². The Kier molecular flexibility index (Phi) is 7.37. The van der Waals surface area contributed by atoms with Crippen LogP contribution in [0.4, 0.5) is 5.69 Å². The summed E-state index contributed by atoms with van der Waals surface area (Å²) < 4.78 is 5.24. The topological polar surface area (TPSA) is 62.9 Å². The van der Waals surface area contributed by atoms with Gasteiger partial charge >= 0.3 is 0 Å². The lowest BCUT2D eigenvalue weighted by atomic mass is 9.93. The Morgan fingerprint density at radius 3 is 2.62 bits per heavy atom. The van der Waals surface area contributed by atoms with Crippen molar-refractivity contribution < 1.29 is 4.74 Å². The molecule has 1 aromatic rings. The Hall–Kier alpha value is -1.75. The first-order chi connectivity index (χ1) is 11.7. The smallest absolute Gasteiger partial charge is 0.193 e. The van der Waals surface area contributed by atoms with Crippen LogP contribution in [0, 0.1) is 5.92 Å². The van der Waals surface area contributed by atoms with Crippen LogP contribution in [0.5, 0.6) is 5.75 Å². The Balaban J connectivity index is 2.00. The second kappa shape index (κ2) is 9.52. The first-order valence-electron chi connectivity index (χ1n) is 9.13. The molecule has 1 aliphatic heterocycles. The van der Waals surface area contributed by atoms with Crippen molar-refractivity contribution in [1.82, 2.24) is 4.90 Å². The Labute approximate surface area is 146 Å². The largest absolute Gasteiger partial charge is 0.497 e. The highest BCUT2D eigenvalue weighted by atomic mass is 16.5. The normalized spacial score (nSPS) is 17.2. The predicted molar refractivity (Wildman–Crippen MR) is 102 cm³/mol. The highest BCUT2D eigenvalue weighted by molar-refractivity contribution is 5.92. The third-order valence-corrected chi connectivity index (χ3v) is 4.99. The maximum Gasteiger partial charge on any atom is 0.193 e. The third kappa shape index (κ3) is 5.13. The number of ether oxygens (including phenoxy) is 1. The zero-order valence-electron chi connectivity index (χ0n) is 15.3. The molecule has 1 saturated heterocycles. The quantitative estimate of drug-likeness (QED) is 0.566. The van der Waals surface area contributed by atoms with Crippen LogP contribution in [0.1, 0.15) is 39.5 Å². The Morgan fingerprint density at radius 1 is 1.29 bits per heavy atom. The SMILES string of the molecule is CCC(CC)C(CN=C(N)Nc1cccc(OC)c1)N1CCCC1. The van der Waals surface area contributed by atoms with Crippen LogP contribution in [-0.2, 0) is 0 Å².